The van der Waals surface area contributed by atoms with E-state index < -0.39 is 5.82 Å². The molecule has 0 bridgehead atoms. The van der Waals surface area contributed by atoms with Gasteiger partial charge in [-0.2, -0.15) is 5.10 Å². The van der Waals surface area contributed by atoms with Crippen molar-refractivity contribution in [3.05, 3.63) is 65.2 Å². The van der Waals surface area contributed by atoms with Crippen LogP contribution in [0.5, 0.6) is 5.75 Å². The number of nitrogens with two attached hydrogens (primary N) is 2. The molecule has 1 unspecified atom stereocenters. The first-order valence-electron chi connectivity index (χ1n) is 9.87. The maximum absolute atomic E-state index is 14.0. The fourth-order valence-electron chi connectivity index (χ4n) is 4.31. The Bertz CT molecular complexity index is 1250. The summed E-state index contributed by atoms with van der Waals surface area (Å²) in [5.41, 5.74) is 15.9. The van der Waals surface area contributed by atoms with Gasteiger partial charge in [0, 0.05) is 11.6 Å². The second-order valence-corrected chi connectivity index (χ2v) is 7.53. The third-order valence-electron chi connectivity index (χ3n) is 5.60. The van der Waals surface area contributed by atoms with Crippen molar-refractivity contribution in [1.29, 1.82) is 0 Å². The molecular formula is C22H21FN6O. The minimum Gasteiger partial charge on any atom is -0.508 e. The molecule has 0 aliphatic heterocycles. The summed E-state index contributed by atoms with van der Waals surface area (Å²) in [7, 11) is 0. The molecule has 0 saturated carbocycles. The lowest BCUT2D eigenvalue weighted by atomic mass is 9.88. The summed E-state index contributed by atoms with van der Waals surface area (Å²) < 4.78 is 15.9. The number of nitrogens with zero attached hydrogens (tertiary/aromatic N) is 4. The van der Waals surface area contributed by atoms with E-state index >= 15 is 0 Å². The molecule has 0 spiro atoms. The van der Waals surface area contributed by atoms with Crippen LogP contribution in [0.15, 0.2) is 42.5 Å². The van der Waals surface area contributed by atoms with Gasteiger partial charge in [0.05, 0.1) is 18.0 Å². The number of hydrogen-bond acceptors (Lipinski definition) is 6. The van der Waals surface area contributed by atoms with Gasteiger partial charge in [0.1, 0.15) is 28.9 Å². The van der Waals surface area contributed by atoms with Crippen molar-refractivity contribution in [2.45, 2.75) is 31.8 Å². The fraction of sp³-hybridized carbons (Fsp3) is 0.227. The molecule has 2 heterocycles. The van der Waals surface area contributed by atoms with E-state index in [4.69, 9.17) is 16.6 Å². The number of benzene rings is 2. The van der Waals surface area contributed by atoms with Crippen molar-refractivity contribution < 1.29 is 9.50 Å². The lowest BCUT2D eigenvalue weighted by molar-refractivity contribution is 0.460. The Morgan fingerprint density at radius 3 is 2.80 bits per heavy atom. The normalized spacial score (nSPS) is 16.0. The average Bonchev–Trinajstić information content (AvgIpc) is 3.12. The summed E-state index contributed by atoms with van der Waals surface area (Å²) in [6, 6.07) is 12.1. The van der Waals surface area contributed by atoms with E-state index in [0.717, 1.165) is 25.3 Å². The summed E-state index contributed by atoms with van der Waals surface area (Å²) in [6.07, 6.45) is 2.93. The number of halogens is 1. The lowest BCUT2D eigenvalue weighted by Crippen LogP contribution is -2.19. The third kappa shape index (κ3) is 2.96. The number of fused-ring (bicyclic) bond motifs is 2. The molecule has 1 atom stereocenters. The van der Waals surface area contributed by atoms with Crippen molar-refractivity contribution in [2.75, 3.05) is 5.73 Å². The first-order valence-corrected chi connectivity index (χ1v) is 9.87. The molecule has 4 aromatic rings. The molecule has 1 aliphatic carbocycles. The predicted octanol–water partition coefficient (Wildman–Crippen LogP) is 3.30. The molecule has 8 heteroatoms. The SMILES string of the molecule is NCc1nc(N)c2c(-c3cc(O)cc(F)c3)nn(C3CCCc4ccccc43)c2n1. The van der Waals surface area contributed by atoms with Gasteiger partial charge >= 0.3 is 0 Å². The van der Waals surface area contributed by atoms with Crippen LogP contribution < -0.4 is 11.5 Å². The smallest absolute Gasteiger partial charge is 0.164 e. The first kappa shape index (κ1) is 18.5. The van der Waals surface area contributed by atoms with Crippen LogP contribution in [0.4, 0.5) is 10.2 Å². The standard InChI is InChI=1S/C22H21FN6O/c23-14-8-13(9-15(30)10-14)20-19-21(25)26-18(11-24)27-22(19)29(28-20)17-7-3-5-12-4-1-2-6-16(12)17/h1-2,4,6,8-10,17,30H,3,5,7,11,24H2,(H2,25,26,27). The average molecular weight is 404 g/mol. The van der Waals surface area contributed by atoms with E-state index in [1.54, 1.807) is 0 Å². The molecule has 5 N–H and O–H groups in total. The molecule has 152 valence electrons. The molecule has 0 radical (unpaired) electrons. The second-order valence-electron chi connectivity index (χ2n) is 7.53. The molecule has 2 aromatic heterocycles. The molecule has 2 aromatic carbocycles. The summed E-state index contributed by atoms with van der Waals surface area (Å²) in [5.74, 6) is -0.101. The number of aryl methyl sites for hydroxylation is 1. The number of rotatable bonds is 3. The van der Waals surface area contributed by atoms with Gasteiger partial charge in [-0.25, -0.2) is 19.0 Å². The third-order valence-corrected chi connectivity index (χ3v) is 5.60. The van der Waals surface area contributed by atoms with E-state index in [9.17, 15) is 9.50 Å². The maximum Gasteiger partial charge on any atom is 0.164 e. The number of aromatic nitrogens is 4. The molecule has 5 rings (SSSR count). The van der Waals surface area contributed by atoms with Crippen LogP contribution in [-0.2, 0) is 13.0 Å². The van der Waals surface area contributed by atoms with Crippen molar-refractivity contribution in [2.24, 2.45) is 5.73 Å². The van der Waals surface area contributed by atoms with Crippen LogP contribution in [0.2, 0.25) is 0 Å². The van der Waals surface area contributed by atoms with Crippen molar-refractivity contribution >= 4 is 16.9 Å². The van der Waals surface area contributed by atoms with Gasteiger partial charge in [0.2, 0.25) is 0 Å². The molecule has 0 saturated heterocycles. The van der Waals surface area contributed by atoms with Gasteiger partial charge < -0.3 is 16.6 Å². The van der Waals surface area contributed by atoms with E-state index in [2.05, 4.69) is 22.1 Å². The van der Waals surface area contributed by atoms with Crippen molar-refractivity contribution in [3.8, 4) is 17.0 Å². The van der Waals surface area contributed by atoms with Gasteiger partial charge in [-0.1, -0.05) is 24.3 Å². The van der Waals surface area contributed by atoms with E-state index in [0.29, 0.717) is 28.1 Å². The first-order chi connectivity index (χ1) is 14.5. The number of phenols is 1. The lowest BCUT2D eigenvalue weighted by Gasteiger charge is -2.26. The highest BCUT2D eigenvalue weighted by Crippen LogP contribution is 2.38. The van der Waals surface area contributed by atoms with Crippen LogP contribution in [0, 0.1) is 5.82 Å². The Labute approximate surface area is 172 Å². The highest BCUT2D eigenvalue weighted by atomic mass is 19.1. The quantitative estimate of drug-likeness (QED) is 0.482. The highest BCUT2D eigenvalue weighted by Gasteiger charge is 2.27. The van der Waals surface area contributed by atoms with Gasteiger partial charge in [-0.15, -0.1) is 0 Å². The summed E-state index contributed by atoms with van der Waals surface area (Å²) >= 11 is 0. The Balaban J connectivity index is 1.80. The second kappa shape index (κ2) is 7.07. The largest absolute Gasteiger partial charge is 0.508 e. The molecule has 7 nitrogen and oxygen atoms in total. The summed E-state index contributed by atoms with van der Waals surface area (Å²) in [6.45, 7) is 0.142. The molecule has 0 amide bonds. The Kier molecular flexibility index (Phi) is 4.36. The number of hydrogen-bond donors (Lipinski definition) is 3. The number of aromatic hydroxyl groups is 1. The van der Waals surface area contributed by atoms with Gasteiger partial charge in [-0.3, -0.25) is 0 Å². The van der Waals surface area contributed by atoms with Crippen molar-refractivity contribution in [3.63, 3.8) is 0 Å². The minimum absolute atomic E-state index is 0.0340. The number of anilines is 1. The van der Waals surface area contributed by atoms with Gasteiger partial charge in [-0.05, 0) is 42.5 Å². The summed E-state index contributed by atoms with van der Waals surface area (Å²) in [5, 5.41) is 15.3. The van der Waals surface area contributed by atoms with Crippen LogP contribution in [-0.4, -0.2) is 24.9 Å². The number of nitrogen functional groups attached to an aromatic ring is 1. The topological polar surface area (TPSA) is 116 Å². The molecule has 30 heavy (non-hydrogen) atoms. The zero-order valence-corrected chi connectivity index (χ0v) is 16.2. The Morgan fingerprint density at radius 2 is 2.00 bits per heavy atom. The monoisotopic (exact) mass is 404 g/mol. The maximum atomic E-state index is 14.0. The minimum atomic E-state index is -0.561. The number of phenolic OH excluding ortho intramolecular Hbond substituents is 1. The van der Waals surface area contributed by atoms with Crippen LogP contribution >= 0.6 is 0 Å². The van der Waals surface area contributed by atoms with E-state index in [-0.39, 0.29) is 24.2 Å². The molecule has 1 aliphatic rings. The van der Waals surface area contributed by atoms with E-state index in [1.807, 2.05) is 16.8 Å². The predicted molar refractivity (Wildman–Crippen MR) is 112 cm³/mol. The van der Waals surface area contributed by atoms with Gasteiger partial charge in [0.25, 0.3) is 0 Å². The van der Waals surface area contributed by atoms with Crippen LogP contribution in [0.3, 0.4) is 0 Å². The Hall–Kier alpha value is -3.52. The van der Waals surface area contributed by atoms with Crippen LogP contribution in [0.1, 0.15) is 35.8 Å². The Morgan fingerprint density at radius 1 is 1.17 bits per heavy atom. The van der Waals surface area contributed by atoms with E-state index in [1.165, 1.54) is 23.3 Å². The fourth-order valence-corrected chi connectivity index (χ4v) is 4.31. The highest BCUT2D eigenvalue weighted by molar-refractivity contribution is 5.98. The zero-order chi connectivity index (χ0) is 20.8. The zero-order valence-electron chi connectivity index (χ0n) is 16.2. The molecular weight excluding hydrogens is 383 g/mol. The van der Waals surface area contributed by atoms with Gasteiger partial charge in [0.15, 0.2) is 5.65 Å². The summed E-state index contributed by atoms with van der Waals surface area (Å²) in [4.78, 5) is 8.91. The molecule has 0 fully saturated rings. The van der Waals surface area contributed by atoms with Crippen molar-refractivity contribution in [1.82, 2.24) is 19.7 Å². The van der Waals surface area contributed by atoms with Crippen LogP contribution in [0.25, 0.3) is 22.3 Å².